The van der Waals surface area contributed by atoms with Crippen LogP contribution in [0, 0.1) is 0 Å². The largest absolute Gasteiger partial charge is 0.467 e. The van der Waals surface area contributed by atoms with Gasteiger partial charge in [0.05, 0.1) is 24.2 Å². The van der Waals surface area contributed by atoms with E-state index in [0.717, 1.165) is 5.76 Å². The van der Waals surface area contributed by atoms with Crippen molar-refractivity contribution in [2.24, 2.45) is 7.05 Å². The molecule has 0 bridgehead atoms. The summed E-state index contributed by atoms with van der Waals surface area (Å²) in [6.45, 7) is 1.91. The number of aryl methyl sites for hydroxylation is 1. The van der Waals surface area contributed by atoms with Gasteiger partial charge in [-0.05, 0) is 19.1 Å². The van der Waals surface area contributed by atoms with Crippen LogP contribution in [0.1, 0.15) is 18.7 Å². The van der Waals surface area contributed by atoms with E-state index >= 15 is 0 Å². The summed E-state index contributed by atoms with van der Waals surface area (Å²) in [5.74, 6) is 0.766. The molecule has 0 aliphatic rings. The van der Waals surface area contributed by atoms with E-state index in [1.807, 2.05) is 13.0 Å². The predicted molar refractivity (Wildman–Crippen MR) is 65.2 cm³/mol. The van der Waals surface area contributed by atoms with Gasteiger partial charge in [0.25, 0.3) is 5.56 Å². The SMILES string of the molecule is CC(Nc1cnn(C)c(=O)c1Cl)c1ccco1. The van der Waals surface area contributed by atoms with Crippen molar-refractivity contribution in [3.05, 3.63) is 45.7 Å². The number of nitrogens with one attached hydrogen (secondary N) is 1. The number of hydrogen-bond donors (Lipinski definition) is 1. The van der Waals surface area contributed by atoms with E-state index in [-0.39, 0.29) is 16.6 Å². The minimum atomic E-state index is -0.330. The third-order valence-electron chi connectivity index (χ3n) is 2.42. The summed E-state index contributed by atoms with van der Waals surface area (Å²) in [6, 6.07) is 3.56. The van der Waals surface area contributed by atoms with E-state index < -0.39 is 0 Å². The van der Waals surface area contributed by atoms with Crippen LogP contribution in [0.15, 0.2) is 33.8 Å². The molecule has 1 N–H and O–H groups in total. The molecule has 0 saturated heterocycles. The van der Waals surface area contributed by atoms with Crippen LogP contribution >= 0.6 is 11.6 Å². The Morgan fingerprint density at radius 2 is 2.35 bits per heavy atom. The Kier molecular flexibility index (Phi) is 3.19. The van der Waals surface area contributed by atoms with E-state index in [0.29, 0.717) is 5.69 Å². The second-order valence-corrected chi connectivity index (χ2v) is 4.06. The van der Waals surface area contributed by atoms with Gasteiger partial charge in [0.2, 0.25) is 0 Å². The van der Waals surface area contributed by atoms with Crippen LogP contribution < -0.4 is 10.9 Å². The predicted octanol–water partition coefficient (Wildman–Crippen LogP) is 2.20. The summed E-state index contributed by atoms with van der Waals surface area (Å²) in [4.78, 5) is 11.6. The molecule has 2 aromatic rings. The van der Waals surface area contributed by atoms with Gasteiger partial charge in [0.1, 0.15) is 10.8 Å². The summed E-state index contributed by atoms with van der Waals surface area (Å²) in [5, 5.41) is 7.11. The van der Waals surface area contributed by atoms with Gasteiger partial charge in [-0.3, -0.25) is 4.79 Å². The molecule has 0 amide bonds. The standard InChI is InChI=1S/C11H12ClN3O2/c1-7(9-4-3-5-17-9)14-8-6-13-15(2)11(16)10(8)12/h3-7,14H,1-2H3. The molecule has 0 spiro atoms. The Morgan fingerprint density at radius 3 is 3.00 bits per heavy atom. The molecule has 17 heavy (non-hydrogen) atoms. The van der Waals surface area contributed by atoms with Crippen molar-refractivity contribution in [2.75, 3.05) is 5.32 Å². The lowest BCUT2D eigenvalue weighted by Gasteiger charge is -2.13. The number of anilines is 1. The highest BCUT2D eigenvalue weighted by Gasteiger charge is 2.12. The Morgan fingerprint density at radius 1 is 1.59 bits per heavy atom. The fraction of sp³-hybridized carbons (Fsp3) is 0.273. The summed E-state index contributed by atoms with van der Waals surface area (Å²) in [7, 11) is 1.55. The first-order valence-electron chi connectivity index (χ1n) is 5.11. The summed E-state index contributed by atoms with van der Waals surface area (Å²) >= 11 is 5.94. The van der Waals surface area contributed by atoms with Crippen LogP contribution in [-0.4, -0.2) is 9.78 Å². The van der Waals surface area contributed by atoms with E-state index in [1.54, 1.807) is 19.4 Å². The minimum Gasteiger partial charge on any atom is -0.467 e. The number of halogens is 1. The quantitative estimate of drug-likeness (QED) is 0.911. The lowest BCUT2D eigenvalue weighted by molar-refractivity contribution is 0.490. The first kappa shape index (κ1) is 11.7. The highest BCUT2D eigenvalue weighted by atomic mass is 35.5. The van der Waals surface area contributed by atoms with Crippen LogP contribution in [0.25, 0.3) is 0 Å². The average molecular weight is 254 g/mol. The number of aromatic nitrogens is 2. The van der Waals surface area contributed by atoms with Gasteiger partial charge in [0, 0.05) is 7.05 Å². The van der Waals surface area contributed by atoms with Crippen LogP contribution in [0.4, 0.5) is 5.69 Å². The Balaban J connectivity index is 2.25. The third-order valence-corrected chi connectivity index (χ3v) is 2.79. The second-order valence-electron chi connectivity index (χ2n) is 3.68. The first-order valence-corrected chi connectivity index (χ1v) is 5.49. The normalized spacial score (nSPS) is 12.4. The number of rotatable bonds is 3. The molecule has 6 heteroatoms. The zero-order chi connectivity index (χ0) is 12.4. The van der Waals surface area contributed by atoms with Crippen LogP contribution in [0.3, 0.4) is 0 Å². The second kappa shape index (κ2) is 4.63. The summed E-state index contributed by atoms with van der Waals surface area (Å²) < 4.78 is 6.44. The van der Waals surface area contributed by atoms with Crippen LogP contribution in [0.2, 0.25) is 5.02 Å². The minimum absolute atomic E-state index is 0.0867. The molecule has 90 valence electrons. The number of hydrogen-bond acceptors (Lipinski definition) is 4. The van der Waals surface area contributed by atoms with Gasteiger partial charge in [-0.25, -0.2) is 4.68 Å². The maximum atomic E-state index is 11.6. The fourth-order valence-corrected chi connectivity index (χ4v) is 1.68. The van der Waals surface area contributed by atoms with Gasteiger partial charge >= 0.3 is 0 Å². The van der Waals surface area contributed by atoms with Crippen LogP contribution in [0.5, 0.6) is 0 Å². The molecule has 2 rings (SSSR count). The van der Waals surface area contributed by atoms with Crippen molar-refractivity contribution in [1.29, 1.82) is 0 Å². The van der Waals surface area contributed by atoms with E-state index in [4.69, 9.17) is 16.0 Å². The van der Waals surface area contributed by atoms with Gasteiger partial charge in [0.15, 0.2) is 0 Å². The molecule has 0 radical (unpaired) electrons. The Bertz CT molecular complexity index is 563. The monoisotopic (exact) mass is 253 g/mol. The van der Waals surface area contributed by atoms with Gasteiger partial charge in [-0.2, -0.15) is 5.10 Å². The Labute approximate surface area is 103 Å². The summed E-state index contributed by atoms with van der Waals surface area (Å²) in [6.07, 6.45) is 3.11. The molecule has 2 aromatic heterocycles. The molecule has 5 nitrogen and oxygen atoms in total. The number of furan rings is 1. The molecule has 0 aliphatic carbocycles. The van der Waals surface area contributed by atoms with Crippen molar-refractivity contribution in [3.8, 4) is 0 Å². The first-order chi connectivity index (χ1) is 8.09. The van der Waals surface area contributed by atoms with Crippen molar-refractivity contribution in [2.45, 2.75) is 13.0 Å². The fourth-order valence-electron chi connectivity index (χ4n) is 1.45. The van der Waals surface area contributed by atoms with E-state index in [1.165, 1.54) is 10.9 Å². The third kappa shape index (κ3) is 2.34. The molecule has 0 fully saturated rings. The molecule has 2 heterocycles. The molecular formula is C11H12ClN3O2. The lowest BCUT2D eigenvalue weighted by atomic mass is 10.2. The molecular weight excluding hydrogens is 242 g/mol. The maximum absolute atomic E-state index is 11.6. The van der Waals surface area contributed by atoms with Gasteiger partial charge in [-0.1, -0.05) is 11.6 Å². The van der Waals surface area contributed by atoms with Crippen LogP contribution in [-0.2, 0) is 7.05 Å². The zero-order valence-corrected chi connectivity index (χ0v) is 10.2. The Hall–Kier alpha value is -1.75. The highest BCUT2D eigenvalue weighted by Crippen LogP contribution is 2.22. The van der Waals surface area contributed by atoms with E-state index in [2.05, 4.69) is 10.4 Å². The zero-order valence-electron chi connectivity index (χ0n) is 9.48. The van der Waals surface area contributed by atoms with Crippen molar-refractivity contribution < 1.29 is 4.42 Å². The average Bonchev–Trinajstić information content (AvgIpc) is 2.83. The molecule has 1 unspecified atom stereocenters. The molecule has 1 atom stereocenters. The van der Waals surface area contributed by atoms with Crippen molar-refractivity contribution in [3.63, 3.8) is 0 Å². The highest BCUT2D eigenvalue weighted by molar-refractivity contribution is 6.32. The topological polar surface area (TPSA) is 60.1 Å². The van der Waals surface area contributed by atoms with Crippen molar-refractivity contribution >= 4 is 17.3 Å². The molecule has 0 saturated carbocycles. The van der Waals surface area contributed by atoms with Gasteiger partial charge < -0.3 is 9.73 Å². The number of nitrogens with zero attached hydrogens (tertiary/aromatic N) is 2. The lowest BCUT2D eigenvalue weighted by Crippen LogP contribution is -2.21. The molecule has 0 aliphatic heterocycles. The molecule has 0 aromatic carbocycles. The van der Waals surface area contributed by atoms with Gasteiger partial charge in [-0.15, -0.1) is 0 Å². The maximum Gasteiger partial charge on any atom is 0.287 e. The summed E-state index contributed by atoms with van der Waals surface area (Å²) in [5.41, 5.74) is 0.168. The van der Waals surface area contributed by atoms with E-state index in [9.17, 15) is 4.79 Å². The van der Waals surface area contributed by atoms with Crippen molar-refractivity contribution in [1.82, 2.24) is 9.78 Å². The smallest absolute Gasteiger partial charge is 0.287 e.